The molecular weight excluding hydrogens is 176 g/mol. The Morgan fingerprint density at radius 2 is 1.93 bits per heavy atom. The molecule has 0 rings (SSSR count). The van der Waals surface area contributed by atoms with Gasteiger partial charge in [-0.05, 0) is 25.7 Å². The zero-order valence-corrected chi connectivity index (χ0v) is 10.0. The van der Waals surface area contributed by atoms with Gasteiger partial charge in [-0.15, -0.1) is 0 Å². The number of ether oxygens (including phenoxy) is 1. The molecule has 0 N–H and O–H groups in total. The Bertz CT molecular complexity index is 152. The monoisotopic (exact) mass is 200 g/mol. The van der Waals surface area contributed by atoms with E-state index in [0.717, 1.165) is 25.7 Å². The van der Waals surface area contributed by atoms with E-state index in [1.54, 1.807) is 0 Å². The van der Waals surface area contributed by atoms with Crippen molar-refractivity contribution in [2.45, 2.75) is 53.4 Å². The van der Waals surface area contributed by atoms with Gasteiger partial charge in [-0.1, -0.05) is 33.6 Å². The van der Waals surface area contributed by atoms with Gasteiger partial charge >= 0.3 is 5.97 Å². The standard InChI is InChI=1S/C12H24O2/c1-5-7-8-11(9-10(3)4)12(13)14-6-2/h10-11H,5-9H2,1-4H3. The zero-order chi connectivity index (χ0) is 11.0. The zero-order valence-electron chi connectivity index (χ0n) is 10.0. The summed E-state index contributed by atoms with van der Waals surface area (Å²) in [6.07, 6.45) is 4.20. The molecule has 2 nitrogen and oxygen atoms in total. The van der Waals surface area contributed by atoms with Gasteiger partial charge in [0.25, 0.3) is 0 Å². The first-order valence-corrected chi connectivity index (χ1v) is 5.78. The van der Waals surface area contributed by atoms with Crippen molar-refractivity contribution in [1.82, 2.24) is 0 Å². The molecule has 0 aromatic heterocycles. The molecule has 14 heavy (non-hydrogen) atoms. The van der Waals surface area contributed by atoms with Crippen LogP contribution in [-0.2, 0) is 9.53 Å². The van der Waals surface area contributed by atoms with Crippen molar-refractivity contribution in [1.29, 1.82) is 0 Å². The Morgan fingerprint density at radius 3 is 2.36 bits per heavy atom. The van der Waals surface area contributed by atoms with Crippen LogP contribution >= 0.6 is 0 Å². The van der Waals surface area contributed by atoms with Gasteiger partial charge in [0.1, 0.15) is 0 Å². The summed E-state index contributed by atoms with van der Waals surface area (Å²) in [7, 11) is 0. The highest BCUT2D eigenvalue weighted by atomic mass is 16.5. The summed E-state index contributed by atoms with van der Waals surface area (Å²) < 4.78 is 5.06. The van der Waals surface area contributed by atoms with E-state index in [0.29, 0.717) is 12.5 Å². The van der Waals surface area contributed by atoms with Crippen LogP contribution in [0.3, 0.4) is 0 Å². The summed E-state index contributed by atoms with van der Waals surface area (Å²) in [5, 5.41) is 0. The maximum absolute atomic E-state index is 11.6. The topological polar surface area (TPSA) is 26.3 Å². The molecule has 1 atom stereocenters. The van der Waals surface area contributed by atoms with E-state index >= 15 is 0 Å². The predicted molar refractivity (Wildman–Crippen MR) is 59.1 cm³/mol. The Labute approximate surface area is 88.0 Å². The van der Waals surface area contributed by atoms with E-state index in [1.165, 1.54) is 0 Å². The van der Waals surface area contributed by atoms with E-state index in [-0.39, 0.29) is 11.9 Å². The van der Waals surface area contributed by atoms with Crippen LogP contribution in [0.15, 0.2) is 0 Å². The van der Waals surface area contributed by atoms with Crippen molar-refractivity contribution >= 4 is 5.97 Å². The van der Waals surface area contributed by atoms with E-state index < -0.39 is 0 Å². The molecule has 0 aliphatic heterocycles. The number of carbonyl (C=O) groups is 1. The lowest BCUT2D eigenvalue weighted by Crippen LogP contribution is -2.19. The Morgan fingerprint density at radius 1 is 1.29 bits per heavy atom. The molecule has 0 saturated carbocycles. The van der Waals surface area contributed by atoms with Crippen LogP contribution in [0.25, 0.3) is 0 Å². The van der Waals surface area contributed by atoms with Crippen molar-refractivity contribution in [3.05, 3.63) is 0 Å². The fraction of sp³-hybridized carbons (Fsp3) is 0.917. The third kappa shape index (κ3) is 6.01. The lowest BCUT2D eigenvalue weighted by atomic mass is 9.92. The van der Waals surface area contributed by atoms with Gasteiger partial charge in [0.05, 0.1) is 12.5 Å². The largest absolute Gasteiger partial charge is 0.466 e. The van der Waals surface area contributed by atoms with Crippen molar-refractivity contribution < 1.29 is 9.53 Å². The Kier molecular flexibility index (Phi) is 7.54. The third-order valence-corrected chi connectivity index (χ3v) is 2.28. The molecule has 1 unspecified atom stereocenters. The van der Waals surface area contributed by atoms with Gasteiger partial charge in [0.2, 0.25) is 0 Å². The van der Waals surface area contributed by atoms with E-state index in [4.69, 9.17) is 4.74 Å². The Balaban J connectivity index is 4.01. The second-order valence-electron chi connectivity index (χ2n) is 4.22. The number of unbranched alkanes of at least 4 members (excludes halogenated alkanes) is 1. The van der Waals surface area contributed by atoms with Gasteiger partial charge in [0.15, 0.2) is 0 Å². The minimum atomic E-state index is -0.00495. The van der Waals surface area contributed by atoms with Gasteiger partial charge in [0, 0.05) is 0 Å². The molecule has 0 aliphatic carbocycles. The van der Waals surface area contributed by atoms with Gasteiger partial charge in [-0.25, -0.2) is 0 Å². The summed E-state index contributed by atoms with van der Waals surface area (Å²) >= 11 is 0. The number of rotatable bonds is 7. The summed E-state index contributed by atoms with van der Waals surface area (Å²) in [5.74, 6) is 0.686. The molecule has 0 aliphatic rings. The van der Waals surface area contributed by atoms with Crippen LogP contribution in [0.1, 0.15) is 53.4 Å². The first kappa shape index (κ1) is 13.5. The van der Waals surface area contributed by atoms with Crippen LogP contribution in [0, 0.1) is 11.8 Å². The quantitative estimate of drug-likeness (QED) is 0.589. The molecular formula is C12H24O2. The molecule has 0 amide bonds. The van der Waals surface area contributed by atoms with Crippen molar-refractivity contribution in [2.75, 3.05) is 6.61 Å². The lowest BCUT2D eigenvalue weighted by Gasteiger charge is -2.16. The molecule has 0 aromatic carbocycles. The van der Waals surface area contributed by atoms with Crippen LogP contribution in [0.2, 0.25) is 0 Å². The van der Waals surface area contributed by atoms with Gasteiger partial charge < -0.3 is 4.74 Å². The lowest BCUT2D eigenvalue weighted by molar-refractivity contribution is -0.148. The summed E-state index contributed by atoms with van der Waals surface area (Å²) in [6, 6.07) is 0. The summed E-state index contributed by atoms with van der Waals surface area (Å²) in [4.78, 5) is 11.6. The second-order valence-corrected chi connectivity index (χ2v) is 4.22. The van der Waals surface area contributed by atoms with E-state index in [9.17, 15) is 4.79 Å². The number of carbonyl (C=O) groups excluding carboxylic acids is 1. The second kappa shape index (κ2) is 7.84. The molecule has 0 fully saturated rings. The molecule has 0 aromatic rings. The number of esters is 1. The maximum Gasteiger partial charge on any atom is 0.308 e. The fourth-order valence-electron chi connectivity index (χ4n) is 1.61. The van der Waals surface area contributed by atoms with Crippen LogP contribution < -0.4 is 0 Å². The van der Waals surface area contributed by atoms with Crippen LogP contribution in [0.4, 0.5) is 0 Å². The van der Waals surface area contributed by atoms with E-state index in [2.05, 4.69) is 20.8 Å². The molecule has 0 heterocycles. The molecule has 2 heteroatoms. The molecule has 0 saturated heterocycles. The molecule has 84 valence electrons. The van der Waals surface area contributed by atoms with Crippen LogP contribution in [0.5, 0.6) is 0 Å². The number of hydrogen-bond acceptors (Lipinski definition) is 2. The molecule has 0 bridgehead atoms. The minimum Gasteiger partial charge on any atom is -0.466 e. The maximum atomic E-state index is 11.6. The average molecular weight is 200 g/mol. The van der Waals surface area contributed by atoms with Gasteiger partial charge in [-0.2, -0.15) is 0 Å². The van der Waals surface area contributed by atoms with E-state index in [1.807, 2.05) is 6.92 Å². The van der Waals surface area contributed by atoms with Crippen molar-refractivity contribution in [3.8, 4) is 0 Å². The van der Waals surface area contributed by atoms with Crippen LogP contribution in [-0.4, -0.2) is 12.6 Å². The summed E-state index contributed by atoms with van der Waals surface area (Å²) in [6.45, 7) is 8.82. The normalized spacial score (nSPS) is 12.9. The highest BCUT2D eigenvalue weighted by molar-refractivity contribution is 5.72. The van der Waals surface area contributed by atoms with Gasteiger partial charge in [-0.3, -0.25) is 4.79 Å². The Hall–Kier alpha value is -0.530. The third-order valence-electron chi connectivity index (χ3n) is 2.28. The highest BCUT2D eigenvalue weighted by Crippen LogP contribution is 2.19. The van der Waals surface area contributed by atoms with Crippen molar-refractivity contribution in [2.24, 2.45) is 11.8 Å². The molecule has 0 radical (unpaired) electrons. The number of hydrogen-bond donors (Lipinski definition) is 0. The smallest absolute Gasteiger partial charge is 0.308 e. The molecule has 0 spiro atoms. The first-order chi connectivity index (χ1) is 6.61. The first-order valence-electron chi connectivity index (χ1n) is 5.78. The minimum absolute atomic E-state index is 0.00495. The average Bonchev–Trinajstić information content (AvgIpc) is 2.12. The SMILES string of the molecule is CCCCC(CC(C)C)C(=O)OCC. The predicted octanol–water partition coefficient (Wildman–Crippen LogP) is 3.40. The fourth-order valence-corrected chi connectivity index (χ4v) is 1.61. The highest BCUT2D eigenvalue weighted by Gasteiger charge is 2.19. The van der Waals surface area contributed by atoms with Crippen molar-refractivity contribution in [3.63, 3.8) is 0 Å². The summed E-state index contributed by atoms with van der Waals surface area (Å²) in [5.41, 5.74) is 0.